The number of aromatic nitrogens is 12. The van der Waals surface area contributed by atoms with Crippen molar-refractivity contribution < 1.29 is 121 Å². The molecule has 0 bridgehead atoms. The smallest absolute Gasteiger partial charge is 0.345 e. The van der Waals surface area contributed by atoms with Gasteiger partial charge in [0, 0.05) is 151 Å². The average Bonchev–Trinajstić information content (AvgIpc) is 1.67. The molecule has 135 heavy (non-hydrogen) atoms. The molecule has 8 heterocycles. The molecule has 0 spiro atoms. The Balaban J connectivity index is 0.000000221. The second-order valence-corrected chi connectivity index (χ2v) is 32.6. The number of amides is 6. The fraction of sp³-hybridized carbons (Fsp3) is 0.364. The molecule has 0 aliphatic heterocycles. The average molecular weight is 1960 g/mol. The first-order chi connectivity index (χ1) is 62.6. The van der Waals surface area contributed by atoms with Gasteiger partial charge in [-0.25, -0.2) is 0 Å². The summed E-state index contributed by atoms with van der Waals surface area (Å²) in [4.78, 5) is 81.4. The monoisotopic (exact) mass is 1960 g/mol. The fourth-order valence-electron chi connectivity index (χ4n) is 12.2. The Morgan fingerprint density at radius 3 is 0.822 bits per heavy atom. The minimum atomic E-state index is -4.87. The highest BCUT2D eigenvalue weighted by Gasteiger charge is 2.42. The lowest BCUT2D eigenvalue weighted by Crippen LogP contribution is -2.21. The van der Waals surface area contributed by atoms with Crippen LogP contribution in [0.4, 0.5) is 92.2 Å². The number of benzene rings is 4. The normalized spacial score (nSPS) is 11.7. The highest BCUT2D eigenvalue weighted by molar-refractivity contribution is 7.17. The van der Waals surface area contributed by atoms with Gasteiger partial charge in [0.25, 0.3) is 35.4 Å². The van der Waals surface area contributed by atoms with Gasteiger partial charge in [0.15, 0.2) is 17.1 Å². The first kappa shape index (κ1) is 109. The summed E-state index contributed by atoms with van der Waals surface area (Å²) in [5, 5.41) is 22.2. The number of halogens is 21. The molecule has 0 N–H and O–H groups in total. The van der Waals surface area contributed by atoms with Gasteiger partial charge >= 0.3 is 43.2 Å². The van der Waals surface area contributed by atoms with Gasteiger partial charge in [-0.05, 0) is 154 Å². The summed E-state index contributed by atoms with van der Waals surface area (Å²) in [7, 11) is 19.4. The lowest BCUT2D eigenvalue weighted by atomic mass is 10.1. The molecule has 730 valence electrons. The van der Waals surface area contributed by atoms with Gasteiger partial charge in [-0.1, -0.05) is 62.4 Å². The number of carbonyl (C=O) groups is 6. The molecule has 24 nitrogen and oxygen atoms in total. The van der Waals surface area contributed by atoms with E-state index in [0.717, 1.165) is 67.1 Å². The van der Waals surface area contributed by atoms with Crippen molar-refractivity contribution in [2.75, 3.05) is 84.6 Å². The van der Waals surface area contributed by atoms with E-state index < -0.39 is 83.9 Å². The van der Waals surface area contributed by atoms with Crippen LogP contribution in [0.3, 0.4) is 0 Å². The van der Waals surface area contributed by atoms with E-state index in [1.54, 1.807) is 202 Å². The van der Waals surface area contributed by atoms with Crippen molar-refractivity contribution >= 4 is 58.1 Å². The third-order valence-corrected chi connectivity index (χ3v) is 21.0. The molecule has 4 aromatic carbocycles. The molecule has 0 saturated carbocycles. The highest BCUT2D eigenvalue weighted by atomic mass is 32.1. The predicted molar refractivity (Wildman–Crippen MR) is 464 cm³/mol. The fourth-order valence-corrected chi connectivity index (χ4v) is 14.3. The van der Waals surface area contributed by atoms with Crippen LogP contribution in [0.5, 0.6) is 0 Å². The van der Waals surface area contributed by atoms with E-state index in [1.165, 1.54) is 77.1 Å². The number of nitrogens with zero attached hydrogens (tertiary/aromatic N) is 18. The topological polar surface area (TPSA) is 229 Å². The molecule has 12 aromatic rings. The number of thiophene rings is 2. The summed E-state index contributed by atoms with van der Waals surface area (Å²) in [6.45, 7) is 8.15. The van der Waals surface area contributed by atoms with Gasteiger partial charge < -0.3 is 29.4 Å². The lowest BCUT2D eigenvalue weighted by molar-refractivity contribution is -0.148. The van der Waals surface area contributed by atoms with E-state index in [0.29, 0.717) is 96.3 Å². The van der Waals surface area contributed by atoms with Crippen molar-refractivity contribution in [3.63, 3.8) is 0 Å². The first-order valence-electron chi connectivity index (χ1n) is 40.5. The summed E-state index contributed by atoms with van der Waals surface area (Å²) in [6.07, 6.45) is -30.8. The lowest BCUT2D eigenvalue weighted by Gasteiger charge is -2.12. The molecule has 12 rings (SSSR count). The van der Waals surface area contributed by atoms with Crippen LogP contribution in [0, 0.1) is 0 Å². The van der Waals surface area contributed by atoms with Crippen molar-refractivity contribution in [3.05, 3.63) is 224 Å². The van der Waals surface area contributed by atoms with Gasteiger partial charge in [-0.2, -0.15) is 123 Å². The summed E-state index contributed by atoms with van der Waals surface area (Å²) >= 11 is 2.30. The van der Waals surface area contributed by atoms with Crippen LogP contribution in [0.15, 0.2) is 158 Å². The van der Waals surface area contributed by atoms with Crippen LogP contribution in [0.25, 0.3) is 66.2 Å². The summed E-state index contributed by atoms with van der Waals surface area (Å²) in [5.41, 5.74) is -1.01. The Bertz CT molecular complexity index is 6000. The van der Waals surface area contributed by atoms with E-state index >= 15 is 0 Å². The molecule has 0 atom stereocenters. The molecule has 8 aromatic heterocycles. The van der Waals surface area contributed by atoms with Crippen LogP contribution in [0.1, 0.15) is 142 Å². The van der Waals surface area contributed by atoms with Crippen molar-refractivity contribution in [1.82, 2.24) is 88.1 Å². The Labute approximate surface area is 768 Å². The Hall–Kier alpha value is -13.1. The number of hydrogen-bond acceptors (Lipinski definition) is 14. The summed E-state index contributed by atoms with van der Waals surface area (Å²) in [6, 6.07) is 36.6. The van der Waals surface area contributed by atoms with Gasteiger partial charge in [0.1, 0.15) is 29.3 Å². The van der Waals surface area contributed by atoms with Gasteiger partial charge in [-0.15, -0.1) is 22.7 Å². The number of carbonyl (C=O) groups excluding carboxylic acids is 6. The van der Waals surface area contributed by atoms with Crippen LogP contribution in [0.2, 0.25) is 0 Å². The molecule has 0 unspecified atom stereocenters. The maximum Gasteiger partial charge on any atom is 0.435 e. The van der Waals surface area contributed by atoms with Crippen LogP contribution in [-0.2, 0) is 76.3 Å². The highest BCUT2D eigenvalue weighted by Crippen LogP contribution is 2.41. The SMILES string of the molecule is CCCn1nc(-c2ccc(C(=O)N(C)C)cc2)cc1C(F)(F)F.CCCn1nc(-c2ccc(C(=O)N(C)C)s2)cc1C(F)(F)F.CCn1nc(-c2ccc(C(=O)N(C)C)cc2)cc1C(F)(F)F.CCn1nc(C(F)(F)F)cc1-c1ccc(C(=O)N(C)C)cc1.CCn1nc(C(F)(F)F)cc1-c1ccc(C(=O)N(C)C)s1.CN(C)C(=O)c1ccc(-c2cc(C(F)(F)F)nn2CC(F)(F)F)cc1. The van der Waals surface area contributed by atoms with Gasteiger partial charge in [0.2, 0.25) is 0 Å². The van der Waals surface area contributed by atoms with Crippen LogP contribution < -0.4 is 0 Å². The Morgan fingerprint density at radius 1 is 0.274 bits per heavy atom. The largest absolute Gasteiger partial charge is 0.435 e. The van der Waals surface area contributed by atoms with Crippen molar-refractivity contribution in [2.24, 2.45) is 0 Å². The quantitative estimate of drug-likeness (QED) is 0.0649. The molecule has 0 fully saturated rings. The maximum atomic E-state index is 13.0. The van der Waals surface area contributed by atoms with Crippen molar-refractivity contribution in [1.29, 1.82) is 0 Å². The van der Waals surface area contributed by atoms with Crippen molar-refractivity contribution in [2.45, 2.75) is 130 Å². The third kappa shape index (κ3) is 29.2. The molecule has 47 heteroatoms. The Kier molecular flexibility index (Phi) is 36.2. The predicted octanol–water partition coefficient (Wildman–Crippen LogP) is 21.2. The number of hydrogen-bond donors (Lipinski definition) is 0. The summed E-state index contributed by atoms with van der Waals surface area (Å²) in [5.74, 6) is -1.19. The minimum Gasteiger partial charge on any atom is -0.345 e. The van der Waals surface area contributed by atoms with Gasteiger partial charge in [-0.3, -0.25) is 56.9 Å². The zero-order valence-electron chi connectivity index (χ0n) is 75.4. The van der Waals surface area contributed by atoms with Crippen LogP contribution >= 0.6 is 22.7 Å². The maximum absolute atomic E-state index is 13.0. The van der Waals surface area contributed by atoms with Crippen LogP contribution in [-0.4, -0.2) is 214 Å². The van der Waals surface area contributed by atoms with E-state index in [1.807, 2.05) is 0 Å². The number of alkyl halides is 21. The second-order valence-electron chi connectivity index (χ2n) is 30.5. The van der Waals surface area contributed by atoms with Gasteiger partial charge in [0.05, 0.1) is 48.0 Å². The Morgan fingerprint density at radius 2 is 0.533 bits per heavy atom. The molecular formula is C88H93F21N18O6S2. The first-order valence-corrected chi connectivity index (χ1v) is 42.1. The van der Waals surface area contributed by atoms with E-state index in [9.17, 15) is 121 Å². The number of rotatable bonds is 20. The summed E-state index contributed by atoms with van der Waals surface area (Å²) < 4.78 is 275. The van der Waals surface area contributed by atoms with E-state index in [4.69, 9.17) is 0 Å². The molecular weight excluding hydrogens is 1870 g/mol. The zero-order chi connectivity index (χ0) is 101. The molecule has 0 saturated heterocycles. The molecule has 0 aliphatic rings. The second kappa shape index (κ2) is 44.8. The minimum absolute atomic E-state index is 0.0857. The van der Waals surface area contributed by atoms with Crippen molar-refractivity contribution in [3.8, 4) is 66.2 Å². The van der Waals surface area contributed by atoms with E-state index in [-0.39, 0.29) is 93.7 Å². The molecule has 6 amide bonds. The third-order valence-electron chi connectivity index (χ3n) is 18.8. The number of aryl methyl sites for hydroxylation is 5. The standard InChI is InChI=1S/C16H18F3N3O.C15H13F6N3O.2C15H16F3N3O.C14H16F3N3OS.C13H14F3N3OS/c1-4-9-22-14(16(17,18)19)10-13(20-22)11-5-7-12(8-6-11)15(23)21(2)3;1-23(2)13(25)10-5-3-9(4-6-10)11-7-12(15(19,20)21)22-24(11)8-14(16,17)18;1-4-21-12(9-13(19-21)15(16,17)18)10-5-7-11(8-6-10)14(22)20(2)3;1-4-21-13(15(16,17)18)9-12(19-21)10-5-7-11(8-6-10)14(22)20(2)3;1-4-7-20-12(14(15,16)17)8-9(18-20)10-5-6-11(22-10)13(21)19(2)3;1-4-19-8(7-11(17-19)13(14,15)16)9-5-6-10(21-9)12(20)18(2)3/h5-8,10H,4,9H2,1-3H3;3-7H,8H2,1-2H3;2*5-9H,4H2,1-3H3;5-6,8H,4,7H2,1-3H3;5-7H,4H2,1-3H3. The zero-order valence-corrected chi connectivity index (χ0v) is 77.1. The molecule has 0 radical (unpaired) electrons. The van der Waals surface area contributed by atoms with E-state index in [2.05, 4.69) is 30.6 Å². The molecule has 0 aliphatic carbocycles.